The van der Waals surface area contributed by atoms with Gasteiger partial charge in [0.15, 0.2) is 12.3 Å². The second kappa shape index (κ2) is 28.6. The lowest BCUT2D eigenvalue weighted by molar-refractivity contribution is -0.442. The van der Waals surface area contributed by atoms with Gasteiger partial charge in [0.1, 0.15) is 6.61 Å². The van der Waals surface area contributed by atoms with Crippen LogP contribution in [-0.2, 0) is 48.7 Å². The largest absolute Gasteiger partial charge is 1.00 e. The lowest BCUT2D eigenvalue weighted by Gasteiger charge is -2.27. The second-order valence-corrected chi connectivity index (χ2v) is 14.9. The van der Waals surface area contributed by atoms with Crippen LogP contribution in [0.15, 0.2) is 102 Å². The highest BCUT2D eigenvalue weighted by atomic mass is 35.5. The summed E-state index contributed by atoms with van der Waals surface area (Å²) in [5.74, 6) is 0. The summed E-state index contributed by atoms with van der Waals surface area (Å²) >= 11 is 0. The predicted octanol–water partition coefficient (Wildman–Crippen LogP) is 4.49. The van der Waals surface area contributed by atoms with Crippen molar-refractivity contribution in [3.05, 3.63) is 118 Å². The Kier molecular flexibility index (Phi) is 24.1. The summed E-state index contributed by atoms with van der Waals surface area (Å²) in [6.45, 7) is 18.8. The van der Waals surface area contributed by atoms with Crippen LogP contribution < -0.4 is 17.3 Å². The molecule has 0 N–H and O–H groups in total. The summed E-state index contributed by atoms with van der Waals surface area (Å²) < 4.78 is 46.9. The fraction of sp³-hybridized carbons (Fsp3) is 0.543. The molecule has 0 atom stereocenters. The number of allylic oxidation sites excluding steroid dienone is 8. The van der Waals surface area contributed by atoms with E-state index in [0.29, 0.717) is 106 Å². The maximum absolute atomic E-state index is 8.26. The Hall–Kier alpha value is -3.85. The molecule has 330 valence electrons. The van der Waals surface area contributed by atoms with Crippen molar-refractivity contribution in [3.63, 3.8) is 0 Å². The number of methoxy groups -OCH3 is 1. The molecule has 14 heteroatoms. The molecule has 2 aromatic carbocycles. The molecule has 0 fully saturated rings. The molecule has 2 aliphatic rings. The van der Waals surface area contributed by atoms with E-state index in [-0.39, 0.29) is 23.2 Å². The van der Waals surface area contributed by atoms with Crippen molar-refractivity contribution in [1.29, 1.82) is 0 Å². The van der Waals surface area contributed by atoms with Gasteiger partial charge in [0.05, 0.1) is 97.9 Å². The second-order valence-electron chi connectivity index (χ2n) is 14.9. The van der Waals surface area contributed by atoms with Crippen LogP contribution in [-0.4, -0.2) is 136 Å². The maximum Gasteiger partial charge on any atom is 0.209 e. The standard InChI is InChI=1S/C46H66N5O8.ClH/c1-45(2)39-15-11-13-17-41(39)50(22-25-54-30-33-58-36-35-56-28-27-52-5)43(45)19-9-7-6-8-10-20-44-46(3,4)40-16-12-14-18-42(40)51(44)23-26-55-31-34-59-38-37-57-32-29-53-24-21-48-49-47;/h6-20H,21-38H2,1-5H3;1H/q+1;/p-1. The van der Waals surface area contributed by atoms with Crippen molar-refractivity contribution in [2.45, 2.75) is 38.5 Å². The van der Waals surface area contributed by atoms with E-state index in [1.807, 2.05) is 0 Å². The molecule has 60 heavy (non-hydrogen) atoms. The van der Waals surface area contributed by atoms with Crippen LogP contribution >= 0.6 is 0 Å². The van der Waals surface area contributed by atoms with Gasteiger partial charge >= 0.3 is 0 Å². The summed E-state index contributed by atoms with van der Waals surface area (Å²) in [5.41, 5.74) is 15.5. The Bertz CT molecular complexity index is 1760. The van der Waals surface area contributed by atoms with Gasteiger partial charge in [-0.25, -0.2) is 0 Å². The first-order chi connectivity index (χ1) is 28.8. The smallest absolute Gasteiger partial charge is 0.209 e. The molecule has 0 bridgehead atoms. The zero-order chi connectivity index (χ0) is 42.0. The van der Waals surface area contributed by atoms with Crippen LogP contribution in [0.2, 0.25) is 0 Å². The molecule has 13 nitrogen and oxygen atoms in total. The molecule has 0 amide bonds. The first-order valence-electron chi connectivity index (χ1n) is 20.7. The van der Waals surface area contributed by atoms with Gasteiger partial charge < -0.3 is 55.2 Å². The minimum atomic E-state index is -0.151. The third-order valence-electron chi connectivity index (χ3n) is 10.2. The summed E-state index contributed by atoms with van der Waals surface area (Å²) in [5, 5.41) is 3.42. The molecule has 0 saturated heterocycles. The van der Waals surface area contributed by atoms with E-state index in [1.165, 1.54) is 33.9 Å². The highest BCUT2D eigenvalue weighted by Gasteiger charge is 2.44. The Morgan fingerprint density at radius 1 is 0.617 bits per heavy atom. The first kappa shape index (κ1) is 50.5. The number of hydrogen-bond acceptors (Lipinski definition) is 10. The van der Waals surface area contributed by atoms with E-state index in [9.17, 15) is 0 Å². The van der Waals surface area contributed by atoms with Gasteiger partial charge in [-0.15, -0.1) is 0 Å². The van der Waals surface area contributed by atoms with Gasteiger partial charge in [0.25, 0.3) is 0 Å². The lowest BCUT2D eigenvalue weighted by atomic mass is 9.81. The maximum atomic E-state index is 8.26. The molecular weight excluding hydrogens is 786 g/mol. The van der Waals surface area contributed by atoms with Crippen LogP contribution in [0, 0.1) is 0 Å². The summed E-state index contributed by atoms with van der Waals surface area (Å²) in [4.78, 5) is 5.06. The normalized spacial score (nSPS) is 16.0. The van der Waals surface area contributed by atoms with Gasteiger partial charge in [-0.1, -0.05) is 85.7 Å². The highest BCUT2D eigenvalue weighted by molar-refractivity contribution is 6.03. The number of anilines is 1. The number of azide groups is 1. The van der Waals surface area contributed by atoms with Crippen molar-refractivity contribution < 1.29 is 54.9 Å². The highest BCUT2D eigenvalue weighted by Crippen LogP contribution is 2.47. The molecular formula is C46H66ClN5O8. The lowest BCUT2D eigenvalue weighted by Crippen LogP contribution is -3.00. The predicted molar refractivity (Wildman–Crippen MR) is 233 cm³/mol. The van der Waals surface area contributed by atoms with E-state index in [0.717, 1.165) is 13.1 Å². The van der Waals surface area contributed by atoms with Gasteiger partial charge in [0, 0.05) is 59.6 Å². The number of fused-ring (bicyclic) bond motifs is 2. The fourth-order valence-electron chi connectivity index (χ4n) is 7.16. The molecule has 0 aromatic heterocycles. The first-order valence-corrected chi connectivity index (χ1v) is 20.7. The van der Waals surface area contributed by atoms with Crippen LogP contribution in [0.5, 0.6) is 0 Å². The van der Waals surface area contributed by atoms with E-state index in [4.69, 9.17) is 43.4 Å². The SMILES string of the molecule is COCCOCCOCCOCC[N+]1=C(/C=C/C=C/C=C/C=C2/N(CCOCCOCCOCCOCCN=[N+]=[N-])c3ccccc3C2(C)C)C(C)(C)c2ccccc21.[Cl-]. The third kappa shape index (κ3) is 15.9. The minimum absolute atomic E-state index is 0. The van der Waals surface area contributed by atoms with Crippen LogP contribution in [0.3, 0.4) is 0 Å². The topological polar surface area (TPSA) is 129 Å². The van der Waals surface area contributed by atoms with Crippen molar-refractivity contribution in [2.24, 2.45) is 5.11 Å². The van der Waals surface area contributed by atoms with Crippen molar-refractivity contribution in [1.82, 2.24) is 0 Å². The Balaban J connectivity index is 0.00000961. The Morgan fingerprint density at radius 2 is 1.13 bits per heavy atom. The van der Waals surface area contributed by atoms with Crippen LogP contribution in [0.4, 0.5) is 11.4 Å². The molecule has 2 heterocycles. The zero-order valence-electron chi connectivity index (χ0n) is 36.3. The molecule has 0 spiro atoms. The van der Waals surface area contributed by atoms with Crippen molar-refractivity contribution >= 4 is 17.1 Å². The summed E-state index contributed by atoms with van der Waals surface area (Å²) in [6.07, 6.45) is 14.9. The number of hydrogen-bond donors (Lipinski definition) is 0. The van der Waals surface area contributed by atoms with Crippen LogP contribution in [0.1, 0.15) is 38.8 Å². The number of rotatable bonds is 31. The monoisotopic (exact) mass is 851 g/mol. The Morgan fingerprint density at radius 3 is 1.77 bits per heavy atom. The van der Waals surface area contributed by atoms with E-state index in [1.54, 1.807) is 7.11 Å². The average molecular weight is 853 g/mol. The van der Waals surface area contributed by atoms with Crippen LogP contribution in [0.25, 0.3) is 10.4 Å². The van der Waals surface area contributed by atoms with Crippen molar-refractivity contribution in [2.75, 3.05) is 131 Å². The van der Waals surface area contributed by atoms with Crippen molar-refractivity contribution in [3.8, 4) is 0 Å². The van der Waals surface area contributed by atoms with Gasteiger partial charge in [-0.3, -0.25) is 0 Å². The van der Waals surface area contributed by atoms with E-state index >= 15 is 0 Å². The quantitative estimate of drug-likeness (QED) is 0.0269. The van der Waals surface area contributed by atoms with Gasteiger partial charge in [0.2, 0.25) is 5.69 Å². The number of halogens is 1. The number of benzene rings is 2. The Labute approximate surface area is 363 Å². The molecule has 2 aliphatic heterocycles. The number of para-hydroxylation sites is 2. The van der Waals surface area contributed by atoms with E-state index in [2.05, 4.69) is 138 Å². The molecule has 0 saturated carbocycles. The van der Waals surface area contributed by atoms with Gasteiger partial charge in [-0.05, 0) is 37.1 Å². The number of nitrogens with zero attached hydrogens (tertiary/aromatic N) is 5. The molecule has 0 radical (unpaired) electrons. The summed E-state index contributed by atoms with van der Waals surface area (Å²) in [6, 6.07) is 17.3. The molecule has 0 aliphatic carbocycles. The van der Waals surface area contributed by atoms with E-state index < -0.39 is 0 Å². The fourth-order valence-corrected chi connectivity index (χ4v) is 7.16. The summed E-state index contributed by atoms with van der Waals surface area (Å²) in [7, 11) is 1.66. The molecule has 2 aromatic rings. The van der Waals surface area contributed by atoms with Gasteiger partial charge in [-0.2, -0.15) is 4.58 Å². The molecule has 0 unspecified atom stereocenters. The molecule has 4 rings (SSSR count). The minimum Gasteiger partial charge on any atom is -1.00 e. The average Bonchev–Trinajstić information content (AvgIpc) is 3.58. The third-order valence-corrected chi connectivity index (χ3v) is 10.2. The number of ether oxygens (including phenoxy) is 8. The zero-order valence-corrected chi connectivity index (χ0v) is 37.0.